The molecule has 0 saturated carbocycles. The molecule has 0 aliphatic rings. The lowest BCUT2D eigenvalue weighted by Crippen LogP contribution is -2.39. The Labute approximate surface area is 215 Å². The molecular weight excluding hydrogens is 512 g/mol. The molecule has 8 nitrogen and oxygen atoms in total. The molecule has 0 spiro atoms. The van der Waals surface area contributed by atoms with E-state index in [1.807, 2.05) is 0 Å². The average molecular weight is 532 g/mol. The van der Waals surface area contributed by atoms with E-state index in [-0.39, 0.29) is 32.4 Å². The molecule has 3 rings (SSSR count). The second-order valence-electron chi connectivity index (χ2n) is 7.66. The van der Waals surface area contributed by atoms with Crippen molar-refractivity contribution in [1.29, 1.82) is 0 Å². The van der Waals surface area contributed by atoms with Crippen molar-refractivity contribution in [2.45, 2.75) is 6.92 Å². The molecule has 0 bridgehead atoms. The topological polar surface area (TPSA) is 125 Å². The molecule has 11 heteroatoms. The number of benzene rings is 3. The van der Waals surface area contributed by atoms with Gasteiger partial charge in [-0.2, -0.15) is 0 Å². The fourth-order valence-electron chi connectivity index (χ4n) is 3.18. The lowest BCUT2D eigenvalue weighted by Gasteiger charge is -2.12. The number of amides is 2. The predicted molar refractivity (Wildman–Crippen MR) is 134 cm³/mol. The molecule has 0 unspecified atom stereocenters. The molecule has 0 atom stereocenters. The molecule has 0 saturated heterocycles. The Hall–Kier alpha value is -3.95. The van der Waals surface area contributed by atoms with Gasteiger partial charge in [0.25, 0.3) is 5.91 Å². The van der Waals surface area contributed by atoms with Gasteiger partial charge in [0.2, 0.25) is 5.91 Å². The zero-order valence-electron chi connectivity index (χ0n) is 18.8. The molecule has 0 aliphatic carbocycles. The Morgan fingerprint density at radius 1 is 0.889 bits per heavy atom. The van der Waals surface area contributed by atoms with E-state index in [9.17, 15) is 23.6 Å². The van der Waals surface area contributed by atoms with Crippen LogP contribution in [0.15, 0.2) is 54.6 Å². The zero-order chi connectivity index (χ0) is 26.4. The van der Waals surface area contributed by atoms with Crippen molar-refractivity contribution in [3.63, 3.8) is 0 Å². The highest BCUT2D eigenvalue weighted by Crippen LogP contribution is 2.28. The van der Waals surface area contributed by atoms with Gasteiger partial charge in [0.15, 0.2) is 5.78 Å². The Morgan fingerprint density at radius 2 is 1.64 bits per heavy atom. The van der Waals surface area contributed by atoms with Crippen LogP contribution in [0.1, 0.15) is 31.8 Å². The minimum Gasteiger partial charge on any atom is -0.480 e. The van der Waals surface area contributed by atoms with Gasteiger partial charge in [-0.3, -0.25) is 19.2 Å². The number of hydrogen-bond acceptors (Lipinski definition) is 5. The van der Waals surface area contributed by atoms with Crippen LogP contribution in [-0.4, -0.2) is 41.8 Å². The standard InChI is InChI=1S/C25H20Cl2FN3O5/c1-13-2-3-14(25(36)30-11-22(32)29-12-23(33)34)8-18(13)24(35)17-6-5-16(10-19(17)27)31-21-7-4-15(26)9-20(21)28/h2-10,31H,11-12H2,1H3,(H,29,32)(H,30,36)(H,33,34). The normalized spacial score (nSPS) is 10.4. The first kappa shape index (κ1) is 26.7. The molecule has 3 aromatic carbocycles. The van der Waals surface area contributed by atoms with Crippen LogP contribution in [0.4, 0.5) is 15.8 Å². The van der Waals surface area contributed by atoms with Gasteiger partial charge in [-0.1, -0.05) is 29.3 Å². The molecule has 4 N–H and O–H groups in total. The summed E-state index contributed by atoms with van der Waals surface area (Å²) < 4.78 is 14.1. The molecule has 186 valence electrons. The first-order valence-corrected chi connectivity index (χ1v) is 11.2. The number of aliphatic carboxylic acids is 1. The molecule has 0 aliphatic heterocycles. The van der Waals surface area contributed by atoms with Gasteiger partial charge in [-0.25, -0.2) is 4.39 Å². The molecule has 3 aromatic rings. The van der Waals surface area contributed by atoms with E-state index >= 15 is 0 Å². The smallest absolute Gasteiger partial charge is 0.322 e. The molecule has 2 amide bonds. The number of rotatable bonds is 9. The second kappa shape index (κ2) is 11.7. The van der Waals surface area contributed by atoms with E-state index in [1.54, 1.807) is 19.1 Å². The first-order valence-electron chi connectivity index (χ1n) is 10.5. The number of aryl methyl sites for hydroxylation is 1. The van der Waals surface area contributed by atoms with Gasteiger partial charge in [-0.05, 0) is 61.0 Å². The summed E-state index contributed by atoms with van der Waals surface area (Å²) >= 11 is 12.1. The maximum atomic E-state index is 14.1. The number of carbonyl (C=O) groups is 4. The third kappa shape index (κ3) is 6.80. The minimum atomic E-state index is -1.21. The molecule has 0 aromatic heterocycles. The van der Waals surface area contributed by atoms with E-state index in [4.69, 9.17) is 28.3 Å². The summed E-state index contributed by atoms with van der Waals surface area (Å²) in [5, 5.41) is 16.3. The van der Waals surface area contributed by atoms with E-state index in [0.29, 0.717) is 11.3 Å². The molecule has 0 radical (unpaired) electrons. The van der Waals surface area contributed by atoms with E-state index < -0.39 is 42.5 Å². The van der Waals surface area contributed by atoms with Crippen LogP contribution >= 0.6 is 23.2 Å². The Bertz CT molecular complexity index is 1360. The highest BCUT2D eigenvalue weighted by Gasteiger charge is 2.18. The summed E-state index contributed by atoms with van der Waals surface area (Å²) in [7, 11) is 0. The highest BCUT2D eigenvalue weighted by atomic mass is 35.5. The van der Waals surface area contributed by atoms with Crippen LogP contribution in [0, 0.1) is 12.7 Å². The van der Waals surface area contributed by atoms with E-state index in [0.717, 1.165) is 6.07 Å². The van der Waals surface area contributed by atoms with Crippen molar-refractivity contribution in [1.82, 2.24) is 10.6 Å². The fourth-order valence-corrected chi connectivity index (χ4v) is 3.60. The van der Waals surface area contributed by atoms with Gasteiger partial charge in [0, 0.05) is 27.4 Å². The van der Waals surface area contributed by atoms with Crippen LogP contribution in [0.3, 0.4) is 0 Å². The third-order valence-electron chi connectivity index (χ3n) is 5.01. The monoisotopic (exact) mass is 531 g/mol. The number of carboxylic acids is 1. The lowest BCUT2D eigenvalue weighted by atomic mass is 9.96. The molecule has 0 heterocycles. The highest BCUT2D eigenvalue weighted by molar-refractivity contribution is 6.35. The van der Waals surface area contributed by atoms with Crippen LogP contribution in [0.2, 0.25) is 10.0 Å². The summed E-state index contributed by atoms with van der Waals surface area (Å²) in [4.78, 5) is 47.8. The lowest BCUT2D eigenvalue weighted by molar-refractivity contribution is -0.137. The number of ketones is 1. The quantitative estimate of drug-likeness (QED) is 0.304. The molecular formula is C25H20Cl2FN3O5. The van der Waals surface area contributed by atoms with Crippen molar-refractivity contribution in [3.8, 4) is 0 Å². The maximum Gasteiger partial charge on any atom is 0.322 e. The first-order chi connectivity index (χ1) is 17.0. The van der Waals surface area contributed by atoms with Crippen molar-refractivity contribution in [2.24, 2.45) is 0 Å². The minimum absolute atomic E-state index is 0.115. The van der Waals surface area contributed by atoms with Crippen molar-refractivity contribution in [3.05, 3.63) is 92.7 Å². The van der Waals surface area contributed by atoms with E-state index in [2.05, 4.69) is 16.0 Å². The maximum absolute atomic E-state index is 14.1. The largest absolute Gasteiger partial charge is 0.480 e. The van der Waals surface area contributed by atoms with Gasteiger partial charge in [-0.15, -0.1) is 0 Å². The summed E-state index contributed by atoms with van der Waals surface area (Å²) in [6, 6.07) is 13.2. The fraction of sp³-hybridized carbons (Fsp3) is 0.120. The van der Waals surface area contributed by atoms with E-state index in [1.165, 1.54) is 36.4 Å². The summed E-state index contributed by atoms with van der Waals surface area (Å²) in [5.41, 5.74) is 1.75. The van der Waals surface area contributed by atoms with Crippen LogP contribution < -0.4 is 16.0 Å². The van der Waals surface area contributed by atoms with Crippen molar-refractivity contribution in [2.75, 3.05) is 18.4 Å². The van der Waals surface area contributed by atoms with Crippen molar-refractivity contribution < 1.29 is 28.7 Å². The van der Waals surface area contributed by atoms with Gasteiger partial charge in [0.05, 0.1) is 17.3 Å². The van der Waals surface area contributed by atoms with Crippen LogP contribution in [0.5, 0.6) is 0 Å². The number of hydrogen-bond donors (Lipinski definition) is 4. The van der Waals surface area contributed by atoms with Gasteiger partial charge in [0.1, 0.15) is 12.4 Å². The molecule has 36 heavy (non-hydrogen) atoms. The van der Waals surface area contributed by atoms with Crippen LogP contribution in [-0.2, 0) is 9.59 Å². The number of anilines is 2. The number of nitrogens with one attached hydrogen (secondary N) is 3. The number of carbonyl (C=O) groups excluding carboxylic acids is 3. The van der Waals surface area contributed by atoms with Gasteiger partial charge < -0.3 is 21.1 Å². The number of carboxylic acid groups (broad SMARTS) is 1. The van der Waals surface area contributed by atoms with Gasteiger partial charge >= 0.3 is 5.97 Å². The third-order valence-corrected chi connectivity index (χ3v) is 5.56. The summed E-state index contributed by atoms with van der Waals surface area (Å²) in [6.45, 7) is 0.695. The summed E-state index contributed by atoms with van der Waals surface area (Å²) in [5.74, 6) is -3.49. The Balaban J connectivity index is 1.75. The second-order valence-corrected chi connectivity index (χ2v) is 8.50. The van der Waals surface area contributed by atoms with Crippen LogP contribution in [0.25, 0.3) is 0 Å². The SMILES string of the molecule is Cc1ccc(C(=O)NCC(=O)NCC(=O)O)cc1C(=O)c1ccc(Nc2ccc(Cl)cc2F)cc1Cl. The van der Waals surface area contributed by atoms with Crippen molar-refractivity contribution >= 4 is 58.1 Å². The molecule has 0 fully saturated rings. The Morgan fingerprint density at radius 3 is 2.31 bits per heavy atom. The number of halogens is 3. The predicted octanol–water partition coefficient (Wildman–Crippen LogP) is 4.35. The Kier molecular flexibility index (Phi) is 8.63. The summed E-state index contributed by atoms with van der Waals surface area (Å²) in [6.07, 6.45) is 0. The zero-order valence-corrected chi connectivity index (χ0v) is 20.3. The average Bonchev–Trinajstić information content (AvgIpc) is 2.83.